The van der Waals surface area contributed by atoms with Crippen LogP contribution in [0.15, 0.2) is 24.4 Å². The van der Waals surface area contributed by atoms with Crippen molar-refractivity contribution in [1.29, 1.82) is 5.26 Å². The lowest BCUT2D eigenvalue weighted by Gasteiger charge is -2.10. The molecule has 0 bridgehead atoms. The molecule has 0 atom stereocenters. The number of halogens is 3. The number of hydrogen-bond donors (Lipinski definition) is 2. The van der Waals surface area contributed by atoms with Gasteiger partial charge < -0.3 is 11.5 Å². The Bertz CT molecular complexity index is 757. The topological polar surface area (TPSA) is 111 Å². The van der Waals surface area contributed by atoms with E-state index in [1.807, 2.05) is 0 Å². The molecule has 2 aromatic rings. The lowest BCUT2D eigenvalue weighted by molar-refractivity contribution is -0.137. The molecule has 2 rings (SSSR count). The van der Waals surface area contributed by atoms with Crippen LogP contribution in [-0.4, -0.2) is 15.7 Å². The predicted octanol–water partition coefficient (Wildman–Crippen LogP) is 1.44. The Balaban J connectivity index is 2.55. The zero-order valence-corrected chi connectivity index (χ0v) is 10.3. The highest BCUT2D eigenvalue weighted by atomic mass is 19.4. The summed E-state index contributed by atoms with van der Waals surface area (Å²) < 4.78 is 39.1. The third-order valence-electron chi connectivity index (χ3n) is 2.67. The second kappa shape index (κ2) is 4.82. The molecule has 1 aromatic carbocycles. The van der Waals surface area contributed by atoms with E-state index in [1.54, 1.807) is 0 Å². The van der Waals surface area contributed by atoms with Crippen molar-refractivity contribution in [3.05, 3.63) is 41.2 Å². The van der Waals surface area contributed by atoms with Crippen LogP contribution in [0.25, 0.3) is 5.69 Å². The van der Waals surface area contributed by atoms with Crippen LogP contribution in [0.2, 0.25) is 0 Å². The quantitative estimate of drug-likeness (QED) is 0.873. The van der Waals surface area contributed by atoms with Gasteiger partial charge in [-0.05, 0) is 18.2 Å². The number of nitrogen functional groups attached to an aromatic ring is 1. The van der Waals surface area contributed by atoms with Gasteiger partial charge in [0.25, 0.3) is 5.91 Å². The summed E-state index contributed by atoms with van der Waals surface area (Å²) in [5, 5.41) is 12.6. The van der Waals surface area contributed by atoms with Crippen LogP contribution in [0.5, 0.6) is 0 Å². The van der Waals surface area contributed by atoms with Crippen LogP contribution in [0, 0.1) is 11.3 Å². The van der Waals surface area contributed by atoms with E-state index in [9.17, 15) is 18.0 Å². The summed E-state index contributed by atoms with van der Waals surface area (Å²) in [7, 11) is 0. The molecular formula is C12H8F3N5O. The summed E-state index contributed by atoms with van der Waals surface area (Å²) in [6, 6.07) is 4.34. The van der Waals surface area contributed by atoms with Gasteiger partial charge in [-0.25, -0.2) is 4.68 Å². The number of hydrogen-bond acceptors (Lipinski definition) is 4. The van der Waals surface area contributed by atoms with Crippen LogP contribution < -0.4 is 11.5 Å². The van der Waals surface area contributed by atoms with Gasteiger partial charge in [-0.2, -0.15) is 23.5 Å². The van der Waals surface area contributed by atoms with Crippen molar-refractivity contribution >= 4 is 11.6 Å². The highest BCUT2D eigenvalue weighted by Gasteiger charge is 2.33. The number of nitriles is 1. The first-order valence-electron chi connectivity index (χ1n) is 5.50. The van der Waals surface area contributed by atoms with Gasteiger partial charge in [-0.15, -0.1) is 0 Å². The zero-order valence-electron chi connectivity index (χ0n) is 10.3. The van der Waals surface area contributed by atoms with Crippen molar-refractivity contribution in [2.24, 2.45) is 5.73 Å². The normalized spacial score (nSPS) is 11.1. The zero-order chi connectivity index (χ0) is 15.8. The van der Waals surface area contributed by atoms with E-state index in [4.69, 9.17) is 16.7 Å². The van der Waals surface area contributed by atoms with Crippen molar-refractivity contribution < 1.29 is 18.0 Å². The average molecular weight is 295 g/mol. The first kappa shape index (κ1) is 14.4. The van der Waals surface area contributed by atoms with Gasteiger partial charge in [0.1, 0.15) is 0 Å². The van der Waals surface area contributed by atoms with Crippen molar-refractivity contribution in [3.63, 3.8) is 0 Å². The van der Waals surface area contributed by atoms with Gasteiger partial charge in [0.05, 0.1) is 34.8 Å². The van der Waals surface area contributed by atoms with Crippen LogP contribution in [0.4, 0.5) is 18.9 Å². The van der Waals surface area contributed by atoms with Crippen molar-refractivity contribution in [2.45, 2.75) is 6.18 Å². The molecule has 0 aliphatic carbocycles. The first-order chi connectivity index (χ1) is 9.74. The molecule has 0 radical (unpaired) electrons. The molecule has 0 saturated heterocycles. The molecule has 0 spiro atoms. The summed E-state index contributed by atoms with van der Waals surface area (Å²) in [6.07, 6.45) is -3.41. The minimum Gasteiger partial charge on any atom is -0.396 e. The van der Waals surface area contributed by atoms with Crippen LogP contribution >= 0.6 is 0 Å². The largest absolute Gasteiger partial charge is 0.417 e. The third kappa shape index (κ3) is 2.64. The number of amides is 1. The Morgan fingerprint density at radius 3 is 2.52 bits per heavy atom. The molecule has 4 N–H and O–H groups in total. The Morgan fingerprint density at radius 2 is 2.05 bits per heavy atom. The molecule has 21 heavy (non-hydrogen) atoms. The van der Waals surface area contributed by atoms with Gasteiger partial charge in [-0.3, -0.25) is 4.79 Å². The number of alkyl halides is 3. The second-order valence-electron chi connectivity index (χ2n) is 4.08. The number of carbonyl (C=O) groups excluding carboxylic acids is 1. The SMILES string of the molecule is N#Cc1cc(-n2cc(N)c(C(N)=O)n2)ccc1C(F)(F)F. The smallest absolute Gasteiger partial charge is 0.396 e. The van der Waals surface area contributed by atoms with Crippen LogP contribution in [-0.2, 0) is 6.18 Å². The Hall–Kier alpha value is -3.02. The molecular weight excluding hydrogens is 287 g/mol. The molecule has 0 aliphatic rings. The van der Waals surface area contributed by atoms with Gasteiger partial charge in [-0.1, -0.05) is 0 Å². The number of primary amides is 1. The number of nitrogens with two attached hydrogens (primary N) is 2. The van der Waals surface area contributed by atoms with Crippen LogP contribution in [0.1, 0.15) is 21.6 Å². The lowest BCUT2D eigenvalue weighted by atomic mass is 10.1. The number of nitrogens with zero attached hydrogens (tertiary/aromatic N) is 3. The standard InChI is InChI=1S/C12H8F3N5O/c13-12(14,15)8-2-1-7(3-6(8)4-16)20-5-9(17)10(19-20)11(18)21/h1-3,5H,17H2,(H2,18,21). The number of carbonyl (C=O) groups is 1. The first-order valence-corrected chi connectivity index (χ1v) is 5.50. The van der Waals surface area contributed by atoms with Gasteiger partial charge in [0, 0.05) is 0 Å². The molecule has 9 heteroatoms. The average Bonchev–Trinajstić information content (AvgIpc) is 2.79. The molecule has 0 unspecified atom stereocenters. The molecule has 1 aromatic heterocycles. The predicted molar refractivity (Wildman–Crippen MR) is 66.2 cm³/mol. The fourth-order valence-corrected chi connectivity index (χ4v) is 1.73. The number of anilines is 1. The van der Waals surface area contributed by atoms with E-state index in [-0.39, 0.29) is 17.1 Å². The summed E-state index contributed by atoms with van der Waals surface area (Å²) >= 11 is 0. The maximum Gasteiger partial charge on any atom is 0.417 e. The van der Waals surface area contributed by atoms with Crippen molar-refractivity contribution in [3.8, 4) is 11.8 Å². The van der Waals surface area contributed by atoms with Crippen molar-refractivity contribution in [1.82, 2.24) is 9.78 Å². The summed E-state index contributed by atoms with van der Waals surface area (Å²) in [5.41, 5.74) is 8.89. The van der Waals surface area contributed by atoms with E-state index in [0.717, 1.165) is 22.9 Å². The second-order valence-corrected chi connectivity index (χ2v) is 4.08. The van der Waals surface area contributed by atoms with Gasteiger partial charge in [0.15, 0.2) is 5.69 Å². The van der Waals surface area contributed by atoms with E-state index >= 15 is 0 Å². The maximum absolute atomic E-state index is 12.7. The fraction of sp³-hybridized carbons (Fsp3) is 0.0833. The molecule has 0 saturated carbocycles. The summed E-state index contributed by atoms with van der Waals surface area (Å²) in [6.45, 7) is 0. The van der Waals surface area contributed by atoms with E-state index in [1.165, 1.54) is 12.3 Å². The van der Waals surface area contributed by atoms with Gasteiger partial charge in [0.2, 0.25) is 0 Å². The van der Waals surface area contributed by atoms with Crippen LogP contribution in [0.3, 0.4) is 0 Å². The number of aromatic nitrogens is 2. The Morgan fingerprint density at radius 1 is 1.38 bits per heavy atom. The third-order valence-corrected chi connectivity index (χ3v) is 2.67. The molecule has 108 valence electrons. The highest BCUT2D eigenvalue weighted by Crippen LogP contribution is 2.32. The van der Waals surface area contributed by atoms with Crippen molar-refractivity contribution in [2.75, 3.05) is 5.73 Å². The van der Waals surface area contributed by atoms with E-state index in [2.05, 4.69) is 5.10 Å². The molecule has 0 aliphatic heterocycles. The summed E-state index contributed by atoms with van der Waals surface area (Å²) in [5.74, 6) is -0.862. The lowest BCUT2D eigenvalue weighted by Crippen LogP contribution is -2.14. The van der Waals surface area contributed by atoms with E-state index in [0.29, 0.717) is 0 Å². The maximum atomic E-state index is 12.7. The monoisotopic (exact) mass is 295 g/mol. The van der Waals surface area contributed by atoms with E-state index < -0.39 is 23.2 Å². The molecule has 1 heterocycles. The highest BCUT2D eigenvalue weighted by molar-refractivity contribution is 5.95. The molecule has 1 amide bonds. The molecule has 0 fully saturated rings. The Kier molecular flexibility index (Phi) is 3.31. The summed E-state index contributed by atoms with van der Waals surface area (Å²) in [4.78, 5) is 11.0. The fourth-order valence-electron chi connectivity index (χ4n) is 1.73. The number of benzene rings is 1. The minimum absolute atomic E-state index is 0.0131. The number of rotatable bonds is 2. The van der Waals surface area contributed by atoms with Gasteiger partial charge >= 0.3 is 6.18 Å². The Labute approximate surface area is 116 Å². The minimum atomic E-state index is -4.63. The molecule has 6 nitrogen and oxygen atoms in total.